The summed E-state index contributed by atoms with van der Waals surface area (Å²) in [6, 6.07) is 10.3. The van der Waals surface area contributed by atoms with Gasteiger partial charge in [0.2, 0.25) is 0 Å². The number of thiocarbonyl (C=S) groups is 1. The minimum Gasteiger partial charge on any atom is -0.465 e. The minimum atomic E-state index is -0.332. The summed E-state index contributed by atoms with van der Waals surface area (Å²) in [5.74, 6) is -0.332. The lowest BCUT2D eigenvalue weighted by molar-refractivity contribution is 0.0601. The Labute approximate surface area is 158 Å². The summed E-state index contributed by atoms with van der Waals surface area (Å²) in [5.41, 5.74) is 2.78. The first kappa shape index (κ1) is 19.4. The molecule has 0 amide bonds. The van der Waals surface area contributed by atoms with E-state index in [0.717, 1.165) is 28.3 Å². The molecule has 0 bridgehead atoms. The molecule has 1 atom stereocenters. The van der Waals surface area contributed by atoms with Gasteiger partial charge < -0.3 is 15.4 Å². The summed E-state index contributed by atoms with van der Waals surface area (Å²) in [7, 11) is 1.40. The van der Waals surface area contributed by atoms with Crippen LogP contribution in [0.4, 0.5) is 5.00 Å². The zero-order chi connectivity index (χ0) is 18.4. The monoisotopic (exact) mass is 376 g/mol. The van der Waals surface area contributed by atoms with E-state index in [-0.39, 0.29) is 12.0 Å². The fraction of sp³-hybridized carbons (Fsp3) is 0.368. The van der Waals surface area contributed by atoms with Gasteiger partial charge in [0.1, 0.15) is 5.00 Å². The molecule has 0 aliphatic rings. The van der Waals surface area contributed by atoms with Gasteiger partial charge in [-0.3, -0.25) is 0 Å². The molecule has 0 aliphatic heterocycles. The molecule has 1 unspecified atom stereocenters. The van der Waals surface area contributed by atoms with Gasteiger partial charge in [-0.1, -0.05) is 44.2 Å². The summed E-state index contributed by atoms with van der Waals surface area (Å²) in [6.07, 6.45) is 1.68. The van der Waals surface area contributed by atoms with Gasteiger partial charge in [-0.15, -0.1) is 11.3 Å². The quantitative estimate of drug-likeness (QED) is 0.558. The van der Waals surface area contributed by atoms with Crippen LogP contribution in [0.25, 0.3) is 0 Å². The number of hydrogen-bond acceptors (Lipinski definition) is 4. The van der Waals surface area contributed by atoms with E-state index in [2.05, 4.69) is 29.7 Å². The molecule has 134 valence electrons. The second-order valence-corrected chi connectivity index (χ2v) is 7.29. The molecule has 2 rings (SSSR count). The molecule has 1 aromatic heterocycles. The van der Waals surface area contributed by atoms with E-state index >= 15 is 0 Å². The summed E-state index contributed by atoms with van der Waals surface area (Å²) >= 11 is 7.01. The van der Waals surface area contributed by atoms with E-state index in [1.54, 1.807) is 0 Å². The van der Waals surface area contributed by atoms with Crippen LogP contribution >= 0.6 is 23.6 Å². The Hall–Kier alpha value is -1.92. The SMILES string of the molecule is CCc1c(C)sc(NC(=S)NC(CC)c2ccccc2)c1C(=O)OC. The number of methoxy groups -OCH3 is 1. The summed E-state index contributed by atoms with van der Waals surface area (Å²) in [4.78, 5) is 13.3. The standard InChI is InChI=1S/C19H24N2O2S2/c1-5-14-12(3)25-17(16(14)18(22)23-4)21-19(24)20-15(6-2)13-10-8-7-9-11-13/h7-11,15H,5-6H2,1-4H3,(H2,20,21,24). The van der Waals surface area contributed by atoms with Crippen molar-refractivity contribution in [1.82, 2.24) is 5.32 Å². The Morgan fingerprint density at radius 3 is 2.52 bits per heavy atom. The van der Waals surface area contributed by atoms with Crippen molar-refractivity contribution in [1.29, 1.82) is 0 Å². The van der Waals surface area contributed by atoms with E-state index in [9.17, 15) is 4.79 Å². The van der Waals surface area contributed by atoms with Crippen LogP contribution in [0.15, 0.2) is 30.3 Å². The number of aryl methyl sites for hydroxylation is 1. The van der Waals surface area contributed by atoms with Crippen LogP contribution in [0.3, 0.4) is 0 Å². The molecule has 0 fully saturated rings. The highest BCUT2D eigenvalue weighted by Gasteiger charge is 2.22. The number of carbonyl (C=O) groups excluding carboxylic acids is 1. The van der Waals surface area contributed by atoms with Crippen molar-refractivity contribution in [2.24, 2.45) is 0 Å². The van der Waals surface area contributed by atoms with Crippen molar-refractivity contribution >= 4 is 39.6 Å². The third-order valence-corrected chi connectivity index (χ3v) is 5.38. The van der Waals surface area contributed by atoms with Crippen LogP contribution in [-0.2, 0) is 11.2 Å². The number of esters is 1. The van der Waals surface area contributed by atoms with E-state index in [1.807, 2.05) is 32.0 Å². The van der Waals surface area contributed by atoms with Gasteiger partial charge >= 0.3 is 5.97 Å². The predicted molar refractivity (Wildman–Crippen MR) is 109 cm³/mol. The lowest BCUT2D eigenvalue weighted by Gasteiger charge is -2.20. The average Bonchev–Trinajstić information content (AvgIpc) is 2.94. The van der Waals surface area contributed by atoms with Gasteiger partial charge in [-0.2, -0.15) is 0 Å². The molecule has 6 heteroatoms. The molecule has 0 aliphatic carbocycles. The highest BCUT2D eigenvalue weighted by atomic mass is 32.1. The van der Waals surface area contributed by atoms with E-state index in [0.29, 0.717) is 10.7 Å². The first-order chi connectivity index (χ1) is 12.0. The Morgan fingerprint density at radius 1 is 1.28 bits per heavy atom. The third-order valence-electron chi connectivity index (χ3n) is 4.09. The molecule has 0 saturated carbocycles. The first-order valence-corrected chi connectivity index (χ1v) is 9.57. The molecule has 0 saturated heterocycles. The number of benzene rings is 1. The Balaban J connectivity index is 2.19. The van der Waals surface area contributed by atoms with Crippen molar-refractivity contribution in [3.8, 4) is 0 Å². The van der Waals surface area contributed by atoms with Gasteiger partial charge in [0.15, 0.2) is 5.11 Å². The fourth-order valence-electron chi connectivity index (χ4n) is 2.81. The Kier molecular flexibility index (Phi) is 6.96. The van der Waals surface area contributed by atoms with Gasteiger partial charge in [0.05, 0.1) is 18.7 Å². The van der Waals surface area contributed by atoms with Crippen LogP contribution in [0.5, 0.6) is 0 Å². The molecule has 2 aromatic rings. The molecular weight excluding hydrogens is 352 g/mol. The van der Waals surface area contributed by atoms with E-state index in [1.165, 1.54) is 24.0 Å². The summed E-state index contributed by atoms with van der Waals surface area (Å²) in [6.45, 7) is 6.15. The van der Waals surface area contributed by atoms with E-state index in [4.69, 9.17) is 17.0 Å². The normalized spacial score (nSPS) is 11.7. The number of hydrogen-bond donors (Lipinski definition) is 2. The molecular formula is C19H24N2O2S2. The fourth-order valence-corrected chi connectivity index (χ4v) is 4.26. The second-order valence-electron chi connectivity index (χ2n) is 5.66. The molecule has 25 heavy (non-hydrogen) atoms. The summed E-state index contributed by atoms with van der Waals surface area (Å²) < 4.78 is 4.95. The second kappa shape index (κ2) is 8.97. The van der Waals surface area contributed by atoms with Crippen LogP contribution in [0.1, 0.15) is 52.7 Å². The van der Waals surface area contributed by atoms with Crippen LogP contribution in [-0.4, -0.2) is 18.2 Å². The van der Waals surface area contributed by atoms with E-state index < -0.39 is 0 Å². The van der Waals surface area contributed by atoms with Crippen molar-refractivity contribution in [2.45, 2.75) is 39.7 Å². The molecule has 0 spiro atoms. The summed E-state index contributed by atoms with van der Waals surface area (Å²) in [5, 5.41) is 7.77. The van der Waals surface area contributed by atoms with Crippen molar-refractivity contribution < 1.29 is 9.53 Å². The number of thiophene rings is 1. The molecule has 4 nitrogen and oxygen atoms in total. The highest BCUT2D eigenvalue weighted by molar-refractivity contribution is 7.80. The zero-order valence-electron chi connectivity index (χ0n) is 15.0. The maximum atomic E-state index is 12.2. The van der Waals surface area contributed by atoms with Crippen molar-refractivity contribution in [3.05, 3.63) is 51.9 Å². The molecule has 2 N–H and O–H groups in total. The van der Waals surface area contributed by atoms with Gasteiger partial charge in [0.25, 0.3) is 0 Å². The molecule has 1 aromatic carbocycles. The smallest absolute Gasteiger partial charge is 0.341 e. The van der Waals surface area contributed by atoms with Gasteiger partial charge in [0, 0.05) is 4.88 Å². The van der Waals surface area contributed by atoms with Crippen LogP contribution in [0, 0.1) is 6.92 Å². The van der Waals surface area contributed by atoms with Gasteiger partial charge in [-0.25, -0.2) is 4.79 Å². The van der Waals surface area contributed by atoms with Crippen LogP contribution in [0.2, 0.25) is 0 Å². The largest absolute Gasteiger partial charge is 0.465 e. The number of rotatable bonds is 6. The van der Waals surface area contributed by atoms with Gasteiger partial charge in [-0.05, 0) is 43.1 Å². The maximum absolute atomic E-state index is 12.2. The number of ether oxygens (including phenoxy) is 1. The number of carbonyl (C=O) groups is 1. The third kappa shape index (κ3) is 4.58. The lowest BCUT2D eigenvalue weighted by Crippen LogP contribution is -2.32. The topological polar surface area (TPSA) is 50.4 Å². The number of anilines is 1. The minimum absolute atomic E-state index is 0.120. The average molecular weight is 377 g/mol. The Bertz CT molecular complexity index is 741. The predicted octanol–water partition coefficient (Wildman–Crippen LogP) is 4.84. The first-order valence-electron chi connectivity index (χ1n) is 8.34. The molecule has 0 radical (unpaired) electrons. The van der Waals surface area contributed by atoms with Crippen molar-refractivity contribution in [3.63, 3.8) is 0 Å². The lowest BCUT2D eigenvalue weighted by atomic mass is 10.1. The maximum Gasteiger partial charge on any atom is 0.341 e. The zero-order valence-corrected chi connectivity index (χ0v) is 16.6. The van der Waals surface area contributed by atoms with Crippen LogP contribution < -0.4 is 10.6 Å². The molecule has 1 heterocycles. The number of nitrogens with one attached hydrogen (secondary N) is 2. The highest BCUT2D eigenvalue weighted by Crippen LogP contribution is 2.34. The van der Waals surface area contributed by atoms with Crippen molar-refractivity contribution in [2.75, 3.05) is 12.4 Å². The Morgan fingerprint density at radius 2 is 1.96 bits per heavy atom.